The van der Waals surface area contributed by atoms with Gasteiger partial charge in [0.2, 0.25) is 0 Å². The van der Waals surface area contributed by atoms with Crippen molar-refractivity contribution in [2.75, 3.05) is 17.2 Å². The SMILES string of the molecule is CC(C)(C#N)c1ccc(F)c(-n2c3c(c(=O)n2C2CC2)C=NC(Nc2ccc4c(c2)CCNC42CC2)N3)n1. The molecular formula is C28H29FN8O. The first-order valence-corrected chi connectivity index (χ1v) is 13.2. The Morgan fingerprint density at radius 3 is 2.79 bits per heavy atom. The summed E-state index contributed by atoms with van der Waals surface area (Å²) in [6.45, 7) is 4.45. The van der Waals surface area contributed by atoms with Gasteiger partial charge in [-0.15, -0.1) is 0 Å². The highest BCUT2D eigenvalue weighted by atomic mass is 19.1. The van der Waals surface area contributed by atoms with Crippen LogP contribution in [0.2, 0.25) is 0 Å². The summed E-state index contributed by atoms with van der Waals surface area (Å²) in [5.41, 5.74) is 3.46. The van der Waals surface area contributed by atoms with E-state index in [0.29, 0.717) is 17.1 Å². The van der Waals surface area contributed by atoms with Crippen molar-refractivity contribution in [1.29, 1.82) is 5.26 Å². The number of nitrogens with zero attached hydrogens (tertiary/aromatic N) is 5. The Labute approximate surface area is 219 Å². The number of rotatable bonds is 5. The van der Waals surface area contributed by atoms with E-state index >= 15 is 4.39 Å². The van der Waals surface area contributed by atoms with E-state index in [4.69, 9.17) is 0 Å². The van der Waals surface area contributed by atoms with Gasteiger partial charge >= 0.3 is 0 Å². The quantitative estimate of drug-likeness (QED) is 0.481. The summed E-state index contributed by atoms with van der Waals surface area (Å²) >= 11 is 0. The molecule has 1 aromatic carbocycles. The Kier molecular flexibility index (Phi) is 4.89. The third-order valence-corrected chi connectivity index (χ3v) is 8.12. The van der Waals surface area contributed by atoms with Gasteiger partial charge in [0.15, 0.2) is 17.9 Å². The summed E-state index contributed by atoms with van der Waals surface area (Å²) in [5.74, 6) is -0.138. The molecule has 4 aliphatic rings. The van der Waals surface area contributed by atoms with Crippen molar-refractivity contribution in [2.45, 2.75) is 69.2 Å². The highest BCUT2D eigenvalue weighted by molar-refractivity contribution is 5.89. The summed E-state index contributed by atoms with van der Waals surface area (Å²) in [5, 5.41) is 20.0. The molecule has 38 heavy (non-hydrogen) atoms. The van der Waals surface area contributed by atoms with Crippen LogP contribution in [-0.2, 0) is 17.4 Å². The minimum Gasteiger partial charge on any atom is -0.347 e. The minimum atomic E-state index is -0.916. The van der Waals surface area contributed by atoms with E-state index in [-0.39, 0.29) is 23.0 Å². The van der Waals surface area contributed by atoms with E-state index in [1.807, 2.05) is 0 Å². The van der Waals surface area contributed by atoms with Crippen LogP contribution in [0.15, 0.2) is 40.1 Å². The molecule has 7 rings (SSSR count). The first kappa shape index (κ1) is 23.2. The lowest BCUT2D eigenvalue weighted by atomic mass is 9.91. The van der Waals surface area contributed by atoms with Crippen molar-refractivity contribution in [3.63, 3.8) is 0 Å². The first-order chi connectivity index (χ1) is 18.3. The molecule has 0 radical (unpaired) electrons. The smallest absolute Gasteiger partial charge is 0.278 e. The van der Waals surface area contributed by atoms with Gasteiger partial charge in [-0.1, -0.05) is 6.07 Å². The van der Waals surface area contributed by atoms with Crippen molar-refractivity contribution < 1.29 is 4.39 Å². The van der Waals surface area contributed by atoms with Crippen molar-refractivity contribution in [2.24, 2.45) is 4.99 Å². The highest BCUT2D eigenvalue weighted by Crippen LogP contribution is 2.49. The molecule has 0 amide bonds. The standard InChI is InChI=1S/C28H29FN8O/c1-27(2,15-30)22-8-7-21(29)24(34-22)37-23-19(25(38)36(37)18-4-5-18)14-31-26(35-23)33-17-3-6-20-16(13-17)9-12-32-28(20)10-11-28/h3,6-8,13-14,18,26,32-33,35H,4-5,9-12H2,1-2H3. The van der Waals surface area contributed by atoms with Crippen LogP contribution < -0.4 is 21.5 Å². The molecule has 1 spiro atoms. The number of pyridine rings is 1. The van der Waals surface area contributed by atoms with E-state index in [1.165, 1.54) is 40.8 Å². The van der Waals surface area contributed by atoms with E-state index < -0.39 is 17.5 Å². The fourth-order valence-electron chi connectivity index (χ4n) is 5.64. The van der Waals surface area contributed by atoms with Gasteiger partial charge in [0.25, 0.3) is 5.56 Å². The van der Waals surface area contributed by atoms with Crippen LogP contribution in [0.3, 0.4) is 0 Å². The molecular weight excluding hydrogens is 483 g/mol. The lowest BCUT2D eigenvalue weighted by Crippen LogP contribution is -2.36. The molecule has 0 saturated heterocycles. The van der Waals surface area contributed by atoms with Gasteiger partial charge in [0, 0.05) is 24.0 Å². The van der Waals surface area contributed by atoms with Gasteiger partial charge in [-0.05, 0) is 81.3 Å². The van der Waals surface area contributed by atoms with E-state index in [2.05, 4.69) is 50.2 Å². The summed E-state index contributed by atoms with van der Waals surface area (Å²) in [6, 6.07) is 11.5. The van der Waals surface area contributed by atoms with E-state index in [1.54, 1.807) is 24.7 Å². The second-order valence-corrected chi connectivity index (χ2v) is 11.3. The van der Waals surface area contributed by atoms with Crippen molar-refractivity contribution >= 4 is 17.7 Å². The topological polar surface area (TPSA) is 112 Å². The molecule has 3 aromatic rings. The van der Waals surface area contributed by atoms with E-state index in [0.717, 1.165) is 31.5 Å². The van der Waals surface area contributed by atoms with Crippen LogP contribution in [0.1, 0.15) is 68.0 Å². The average molecular weight is 513 g/mol. The molecule has 2 aromatic heterocycles. The zero-order valence-corrected chi connectivity index (χ0v) is 21.4. The van der Waals surface area contributed by atoms with Gasteiger partial charge in [-0.25, -0.2) is 23.7 Å². The highest BCUT2D eigenvalue weighted by Gasteiger charge is 2.46. The fourth-order valence-corrected chi connectivity index (χ4v) is 5.64. The zero-order chi connectivity index (χ0) is 26.2. The second-order valence-electron chi connectivity index (χ2n) is 11.3. The molecule has 2 fully saturated rings. The monoisotopic (exact) mass is 512 g/mol. The van der Waals surface area contributed by atoms with Crippen LogP contribution in [0, 0.1) is 17.1 Å². The summed E-state index contributed by atoms with van der Waals surface area (Å²) in [7, 11) is 0. The maximum atomic E-state index is 15.3. The number of hydrogen-bond acceptors (Lipinski definition) is 7. The minimum absolute atomic E-state index is 0.00589. The molecule has 0 bridgehead atoms. The van der Waals surface area contributed by atoms with Crippen molar-refractivity contribution in [1.82, 2.24) is 19.7 Å². The number of nitrogens with one attached hydrogen (secondary N) is 3. The molecule has 4 heterocycles. The number of nitriles is 1. The molecule has 1 unspecified atom stereocenters. The lowest BCUT2D eigenvalue weighted by Gasteiger charge is -2.28. The number of aliphatic imine (C=N–C) groups is 1. The van der Waals surface area contributed by atoms with Crippen LogP contribution in [-0.4, -0.2) is 33.4 Å². The summed E-state index contributed by atoms with van der Waals surface area (Å²) in [6.07, 6.45) is 6.00. The number of anilines is 2. The van der Waals surface area contributed by atoms with Crippen LogP contribution in [0.4, 0.5) is 15.9 Å². The molecule has 2 aliphatic heterocycles. The Morgan fingerprint density at radius 1 is 1.24 bits per heavy atom. The third-order valence-electron chi connectivity index (χ3n) is 8.12. The van der Waals surface area contributed by atoms with E-state index in [9.17, 15) is 10.1 Å². The number of fused-ring (bicyclic) bond motifs is 3. The van der Waals surface area contributed by atoms with Gasteiger partial charge in [0.1, 0.15) is 11.4 Å². The maximum absolute atomic E-state index is 15.3. The third kappa shape index (κ3) is 3.56. The second kappa shape index (κ2) is 8.01. The molecule has 3 N–H and O–H groups in total. The van der Waals surface area contributed by atoms with Gasteiger partial charge < -0.3 is 16.0 Å². The summed E-state index contributed by atoms with van der Waals surface area (Å²) in [4.78, 5) is 22.5. The molecule has 2 aliphatic carbocycles. The van der Waals surface area contributed by atoms with Crippen molar-refractivity contribution in [3.8, 4) is 11.9 Å². The molecule has 1 atom stereocenters. The van der Waals surface area contributed by atoms with Crippen LogP contribution in [0.5, 0.6) is 0 Å². The Morgan fingerprint density at radius 2 is 2.05 bits per heavy atom. The predicted octanol–water partition coefficient (Wildman–Crippen LogP) is 3.68. The van der Waals surface area contributed by atoms with Crippen molar-refractivity contribution in [3.05, 3.63) is 68.9 Å². The van der Waals surface area contributed by atoms with Gasteiger partial charge in [-0.2, -0.15) is 5.26 Å². The summed E-state index contributed by atoms with van der Waals surface area (Å²) < 4.78 is 18.4. The first-order valence-electron chi connectivity index (χ1n) is 13.2. The fraction of sp³-hybridized carbons (Fsp3) is 0.429. The predicted molar refractivity (Wildman–Crippen MR) is 142 cm³/mol. The number of aromatic nitrogens is 3. The number of hydrogen-bond donors (Lipinski definition) is 3. The zero-order valence-electron chi connectivity index (χ0n) is 21.4. The molecule has 2 saturated carbocycles. The Balaban J connectivity index is 1.26. The molecule has 194 valence electrons. The average Bonchev–Trinajstić information content (AvgIpc) is 3.85. The normalized spacial score (nSPS) is 20.8. The Hall–Kier alpha value is -3.97. The molecule has 9 nitrogen and oxygen atoms in total. The van der Waals surface area contributed by atoms with Crippen LogP contribution >= 0.6 is 0 Å². The largest absolute Gasteiger partial charge is 0.347 e. The maximum Gasteiger partial charge on any atom is 0.278 e. The molecule has 10 heteroatoms. The van der Waals surface area contributed by atoms with Gasteiger partial charge in [-0.3, -0.25) is 4.79 Å². The number of halogens is 1. The van der Waals surface area contributed by atoms with Gasteiger partial charge in [0.05, 0.1) is 23.2 Å². The lowest BCUT2D eigenvalue weighted by molar-refractivity contribution is 0.490. The van der Waals surface area contributed by atoms with Crippen LogP contribution in [0.25, 0.3) is 5.82 Å². The Bertz CT molecular complexity index is 1600. The number of benzene rings is 1.